The molecule has 2 aliphatic heterocycles. The molecule has 4 atom stereocenters. The van der Waals surface area contributed by atoms with Gasteiger partial charge in [0.25, 0.3) is 0 Å². The van der Waals surface area contributed by atoms with Crippen LogP contribution in [0.25, 0.3) is 0 Å². The van der Waals surface area contributed by atoms with E-state index in [1.54, 1.807) is 92.9 Å². The summed E-state index contributed by atoms with van der Waals surface area (Å²) in [5, 5.41) is 0. The van der Waals surface area contributed by atoms with Gasteiger partial charge in [0.05, 0.1) is 19.6 Å². The fourth-order valence-electron chi connectivity index (χ4n) is 6.39. The summed E-state index contributed by atoms with van der Waals surface area (Å²) in [5.74, 6) is -2.47. The Hall–Kier alpha value is -3.55. The Morgan fingerprint density at radius 2 is 0.981 bits per heavy atom. The summed E-state index contributed by atoms with van der Waals surface area (Å²) in [5.41, 5.74) is -2.19. The first kappa shape index (κ1) is 42.9. The Morgan fingerprint density at radius 1 is 0.596 bits per heavy atom. The smallest absolute Gasteiger partial charge is 0.323 e. The molecule has 1 aromatic carbocycles. The van der Waals surface area contributed by atoms with Gasteiger partial charge in [-0.15, -0.1) is 0 Å². The predicted molar refractivity (Wildman–Crippen MR) is 194 cm³/mol. The van der Waals surface area contributed by atoms with Gasteiger partial charge in [0.2, 0.25) is 0 Å². The second-order valence-electron chi connectivity index (χ2n) is 17.7. The van der Waals surface area contributed by atoms with E-state index in [0.717, 1.165) is 5.56 Å². The second kappa shape index (κ2) is 17.1. The normalized spacial score (nSPS) is 21.9. The van der Waals surface area contributed by atoms with Crippen molar-refractivity contribution >= 4 is 29.8 Å². The number of esters is 5. The number of carbonyl (C=O) groups excluding carboxylic acids is 5. The molecular formula is C39H61N3O10. The van der Waals surface area contributed by atoms with Gasteiger partial charge in [-0.25, -0.2) is 0 Å². The van der Waals surface area contributed by atoms with Crippen LogP contribution in [0.5, 0.6) is 0 Å². The van der Waals surface area contributed by atoms with Crippen LogP contribution in [0.15, 0.2) is 30.3 Å². The van der Waals surface area contributed by atoms with Crippen LogP contribution in [0.4, 0.5) is 0 Å². The Kier molecular flexibility index (Phi) is 14.1. The molecule has 0 aromatic heterocycles. The maximum Gasteiger partial charge on any atom is 0.323 e. The highest BCUT2D eigenvalue weighted by Crippen LogP contribution is 2.32. The quantitative estimate of drug-likeness (QED) is 0.223. The van der Waals surface area contributed by atoms with Crippen LogP contribution in [0.1, 0.15) is 101 Å². The Bertz CT molecular complexity index is 1330. The molecule has 0 spiro atoms. The third-order valence-corrected chi connectivity index (χ3v) is 8.12. The third-order valence-electron chi connectivity index (χ3n) is 8.12. The lowest BCUT2D eigenvalue weighted by Crippen LogP contribution is -2.49. The molecule has 292 valence electrons. The van der Waals surface area contributed by atoms with Crippen molar-refractivity contribution in [3.05, 3.63) is 35.9 Å². The van der Waals surface area contributed by atoms with E-state index in [1.807, 2.05) is 35.2 Å². The topological polar surface area (TPSA) is 141 Å². The molecule has 3 rings (SSSR count). The zero-order chi connectivity index (χ0) is 39.2. The van der Waals surface area contributed by atoms with E-state index in [9.17, 15) is 24.0 Å². The first-order chi connectivity index (χ1) is 23.8. The van der Waals surface area contributed by atoms with E-state index in [4.69, 9.17) is 23.7 Å². The summed E-state index contributed by atoms with van der Waals surface area (Å²) < 4.78 is 28.5. The Labute approximate surface area is 309 Å². The molecule has 0 N–H and O–H groups in total. The summed E-state index contributed by atoms with van der Waals surface area (Å²) in [4.78, 5) is 72.3. The van der Waals surface area contributed by atoms with Crippen molar-refractivity contribution in [2.75, 3.05) is 32.7 Å². The average molecular weight is 732 g/mol. The summed E-state index contributed by atoms with van der Waals surface area (Å²) >= 11 is 0. The molecule has 2 saturated heterocycles. The van der Waals surface area contributed by atoms with Crippen LogP contribution in [0.3, 0.4) is 0 Å². The Balaban J connectivity index is 1.98. The number of benzene rings is 1. The zero-order valence-corrected chi connectivity index (χ0v) is 33.3. The molecule has 0 amide bonds. The highest BCUT2D eigenvalue weighted by Gasteiger charge is 2.48. The van der Waals surface area contributed by atoms with Crippen LogP contribution in [0, 0.1) is 0 Å². The van der Waals surface area contributed by atoms with Gasteiger partial charge < -0.3 is 23.7 Å². The van der Waals surface area contributed by atoms with E-state index in [-0.39, 0.29) is 52.2 Å². The van der Waals surface area contributed by atoms with E-state index < -0.39 is 76.4 Å². The van der Waals surface area contributed by atoms with Crippen LogP contribution in [0.2, 0.25) is 0 Å². The van der Waals surface area contributed by atoms with E-state index in [1.165, 1.54) is 0 Å². The van der Waals surface area contributed by atoms with Crippen LogP contribution in [-0.4, -0.2) is 124 Å². The summed E-state index contributed by atoms with van der Waals surface area (Å²) in [6.07, 6.45) is 0.479. The van der Waals surface area contributed by atoms with Gasteiger partial charge in [-0.05, 0) is 101 Å². The van der Waals surface area contributed by atoms with Crippen molar-refractivity contribution in [3.8, 4) is 0 Å². The monoisotopic (exact) mass is 731 g/mol. The number of carbonyl (C=O) groups is 5. The molecule has 2 aliphatic rings. The molecule has 0 unspecified atom stereocenters. The third kappa shape index (κ3) is 14.5. The molecule has 13 nitrogen and oxygen atoms in total. The number of ether oxygens (including phenoxy) is 5. The molecule has 0 bridgehead atoms. The fourth-order valence-corrected chi connectivity index (χ4v) is 6.39. The molecule has 1 aromatic rings. The minimum Gasteiger partial charge on any atom is -0.460 e. The van der Waals surface area contributed by atoms with Crippen molar-refractivity contribution in [2.45, 2.75) is 149 Å². The number of hydrogen-bond acceptors (Lipinski definition) is 13. The lowest BCUT2D eigenvalue weighted by Gasteiger charge is -2.33. The maximum atomic E-state index is 13.6. The first-order valence-electron chi connectivity index (χ1n) is 18.1. The molecule has 13 heteroatoms. The zero-order valence-electron chi connectivity index (χ0n) is 33.3. The number of hydrogen-bond donors (Lipinski definition) is 0. The Morgan fingerprint density at radius 3 is 1.35 bits per heavy atom. The largest absolute Gasteiger partial charge is 0.460 e. The summed E-state index contributed by atoms with van der Waals surface area (Å²) in [6.45, 7) is 21.3. The summed E-state index contributed by atoms with van der Waals surface area (Å²) in [6, 6.07) is 6.84. The van der Waals surface area contributed by atoms with Crippen LogP contribution in [-0.2, 0) is 54.3 Å². The minimum absolute atomic E-state index is 0.0689. The van der Waals surface area contributed by atoms with Gasteiger partial charge in [-0.2, -0.15) is 0 Å². The highest BCUT2D eigenvalue weighted by atomic mass is 16.6. The second-order valence-corrected chi connectivity index (χ2v) is 17.7. The van der Waals surface area contributed by atoms with Crippen molar-refractivity contribution < 1.29 is 47.7 Å². The van der Waals surface area contributed by atoms with Gasteiger partial charge in [0, 0.05) is 25.2 Å². The first-order valence-corrected chi connectivity index (χ1v) is 18.1. The molecule has 52 heavy (non-hydrogen) atoms. The van der Waals surface area contributed by atoms with Gasteiger partial charge in [-0.3, -0.25) is 38.7 Å². The van der Waals surface area contributed by atoms with Gasteiger partial charge in [-0.1, -0.05) is 30.3 Å². The minimum atomic E-state index is -0.805. The molecule has 2 fully saturated rings. The van der Waals surface area contributed by atoms with Crippen LogP contribution >= 0.6 is 0 Å². The average Bonchev–Trinajstić information content (AvgIpc) is 3.56. The highest BCUT2D eigenvalue weighted by molar-refractivity contribution is 5.80. The van der Waals surface area contributed by atoms with E-state index >= 15 is 0 Å². The van der Waals surface area contributed by atoms with Gasteiger partial charge in [0.15, 0.2) is 0 Å². The van der Waals surface area contributed by atoms with Crippen molar-refractivity contribution in [2.24, 2.45) is 0 Å². The fraction of sp³-hybridized carbons (Fsp3) is 0.718. The summed E-state index contributed by atoms with van der Waals surface area (Å²) in [7, 11) is 0. The lowest BCUT2D eigenvalue weighted by atomic mass is 10.1. The van der Waals surface area contributed by atoms with Gasteiger partial charge in [0.1, 0.15) is 41.1 Å². The van der Waals surface area contributed by atoms with Crippen molar-refractivity contribution in [1.29, 1.82) is 0 Å². The van der Waals surface area contributed by atoms with Crippen molar-refractivity contribution in [1.82, 2.24) is 14.7 Å². The number of nitrogens with zero attached hydrogens (tertiary/aromatic N) is 3. The predicted octanol–water partition coefficient (Wildman–Crippen LogP) is 4.28. The number of rotatable bonds is 12. The molecule has 2 heterocycles. The van der Waals surface area contributed by atoms with Crippen LogP contribution < -0.4 is 0 Å². The molecule has 0 radical (unpaired) electrons. The standard InChI is InChI=1S/C39H61N3O10/c1-36(2,3)49-32(44)22-40-20-27(18-29(40)34(46)51-38(7,8)9)42(24-31(43)48-25-26-16-14-13-15-17-26)28-19-30(35(47)52-39(10,11)12)41(21-28)23-33(45)50-37(4,5)6/h13-17,27-30H,18-25H2,1-12H3/t27-,28-,29-,30-/m0/s1. The van der Waals surface area contributed by atoms with E-state index in [2.05, 4.69) is 0 Å². The molecular weight excluding hydrogens is 670 g/mol. The SMILES string of the molecule is CC(C)(C)OC(=O)CN1C[C@@H](N(CC(=O)OCc2ccccc2)[C@H]2C[C@@H](C(=O)OC(C)(C)C)N(CC(=O)OC(C)(C)C)C2)C[C@H]1C(=O)OC(C)(C)C. The lowest BCUT2D eigenvalue weighted by molar-refractivity contribution is -0.165. The molecule has 0 saturated carbocycles. The van der Waals surface area contributed by atoms with Gasteiger partial charge >= 0.3 is 29.8 Å². The van der Waals surface area contributed by atoms with E-state index in [0.29, 0.717) is 0 Å². The van der Waals surface area contributed by atoms with Crippen molar-refractivity contribution in [3.63, 3.8) is 0 Å². The maximum absolute atomic E-state index is 13.6. The number of likely N-dealkylation sites (tertiary alicyclic amines) is 2. The molecule has 0 aliphatic carbocycles.